The summed E-state index contributed by atoms with van der Waals surface area (Å²) in [7, 11) is 0. The largest absolute Gasteiger partial charge is 0.477 e. The van der Waals surface area contributed by atoms with Crippen LogP contribution in [-0.2, 0) is 85.6 Å². The van der Waals surface area contributed by atoms with E-state index in [1.165, 1.54) is 154 Å². The number of aliphatic hydroxyl groups excluding tert-OH is 19. The molecule has 0 radical (unpaired) electrons. The van der Waals surface area contributed by atoms with Crippen molar-refractivity contribution in [3.63, 3.8) is 0 Å². The molecule has 4 amide bonds. The molecule has 43 heteroatoms. The molecule has 25 N–H and O–H groups in total. The van der Waals surface area contributed by atoms with E-state index in [0.717, 1.165) is 85.0 Å². The van der Waals surface area contributed by atoms with E-state index >= 15 is 0 Å². The lowest BCUT2D eigenvalue weighted by Gasteiger charge is -2.53. The zero-order valence-corrected chi connectivity index (χ0v) is 79.2. The molecule has 6 saturated heterocycles. The van der Waals surface area contributed by atoms with Crippen LogP contribution < -0.4 is 21.3 Å². The normalized spacial score (nSPS) is 33.7. The number of amides is 4. The molecule has 6 aliphatic heterocycles. The number of hydrogen-bond donors (Lipinski definition) is 25. The van der Waals surface area contributed by atoms with Crippen molar-refractivity contribution in [2.75, 3.05) is 46.2 Å². The van der Waals surface area contributed by atoms with Crippen molar-refractivity contribution in [3.8, 4) is 0 Å². The van der Waals surface area contributed by atoms with Gasteiger partial charge in [0.05, 0.1) is 82.7 Å². The minimum atomic E-state index is -3.55. The van der Waals surface area contributed by atoms with Crippen molar-refractivity contribution >= 4 is 35.6 Å². The number of unbranched alkanes of at least 4 members (excludes halogenated alkanes) is 33. The first-order chi connectivity index (χ1) is 64.5. The van der Waals surface area contributed by atoms with Crippen LogP contribution in [0.15, 0.2) is 12.2 Å². The van der Waals surface area contributed by atoms with Gasteiger partial charge in [-0.15, -0.1) is 0 Å². The maximum Gasteiger partial charge on any atom is 0.364 e. The minimum Gasteiger partial charge on any atom is -0.477 e. The number of aliphatic carboxylic acids is 2. The average molecular weight is 1950 g/mol. The molecule has 786 valence electrons. The summed E-state index contributed by atoms with van der Waals surface area (Å²) in [6.45, 7) is -0.905. The summed E-state index contributed by atoms with van der Waals surface area (Å²) in [6.07, 6.45) is -21.4. The number of nitrogens with one attached hydrogen (secondary N) is 4. The first kappa shape index (κ1) is 119. The number of carboxylic acid groups (broad SMARTS) is 2. The van der Waals surface area contributed by atoms with Crippen molar-refractivity contribution in [2.45, 2.75) is 486 Å². The number of carbonyl (C=O) groups excluding carboxylic acids is 4. The Morgan fingerprint density at radius 3 is 1.22 bits per heavy atom. The fourth-order valence-corrected chi connectivity index (χ4v) is 18.2. The summed E-state index contributed by atoms with van der Waals surface area (Å²) in [5, 5.41) is 247. The van der Waals surface area contributed by atoms with E-state index in [9.17, 15) is 136 Å². The highest BCUT2D eigenvalue weighted by Gasteiger charge is 2.64. The van der Waals surface area contributed by atoms with Crippen molar-refractivity contribution < 1.29 is 193 Å². The molecule has 6 rings (SSSR count). The van der Waals surface area contributed by atoms with E-state index in [-0.39, 0.29) is 6.42 Å². The molecule has 43 nitrogen and oxygen atoms in total. The highest BCUT2D eigenvalue weighted by molar-refractivity contribution is 5.78. The molecule has 6 aliphatic rings. The molecule has 12 unspecified atom stereocenters. The molecule has 6 fully saturated rings. The number of hydrogen-bond acceptors (Lipinski definition) is 37. The molecular formula is C92H164N4O39. The predicted octanol–water partition coefficient (Wildman–Crippen LogP) is -0.748. The highest BCUT2D eigenvalue weighted by Crippen LogP contribution is 2.43. The quantitative estimate of drug-likeness (QED) is 0.0263. The van der Waals surface area contributed by atoms with Crippen LogP contribution in [0.5, 0.6) is 0 Å². The van der Waals surface area contributed by atoms with Crippen LogP contribution in [0, 0.1) is 0 Å². The lowest BCUT2D eigenvalue weighted by Crippen LogP contribution is -2.72. The van der Waals surface area contributed by atoms with Crippen LogP contribution in [0.1, 0.15) is 279 Å². The highest BCUT2D eigenvalue weighted by atomic mass is 16.8. The van der Waals surface area contributed by atoms with Crippen LogP contribution in [0.2, 0.25) is 0 Å². The van der Waals surface area contributed by atoms with Gasteiger partial charge in [0.15, 0.2) is 25.2 Å². The second-order valence-electron chi connectivity index (χ2n) is 37.1. The van der Waals surface area contributed by atoms with Gasteiger partial charge in [0, 0.05) is 40.0 Å². The van der Waals surface area contributed by atoms with Crippen molar-refractivity contribution in [1.82, 2.24) is 21.3 Å². The molecular weight excluding hydrogens is 1790 g/mol. The third kappa shape index (κ3) is 37.2. The van der Waals surface area contributed by atoms with Crippen LogP contribution >= 0.6 is 0 Å². The Bertz CT molecular complexity index is 3350. The summed E-state index contributed by atoms with van der Waals surface area (Å²) in [6, 6.07) is -7.04. The lowest BCUT2D eigenvalue weighted by atomic mass is 9.88. The van der Waals surface area contributed by atoms with Crippen LogP contribution in [0.25, 0.3) is 0 Å². The third-order valence-electron chi connectivity index (χ3n) is 26.1. The maximum atomic E-state index is 14.2. The van der Waals surface area contributed by atoms with Gasteiger partial charge in [0.2, 0.25) is 23.6 Å². The molecule has 0 bridgehead atoms. The summed E-state index contributed by atoms with van der Waals surface area (Å²) in [5.74, 6) is -14.5. The maximum absolute atomic E-state index is 14.2. The molecule has 0 aromatic rings. The second kappa shape index (κ2) is 62.7. The van der Waals surface area contributed by atoms with Crippen molar-refractivity contribution in [3.05, 3.63) is 12.2 Å². The number of aliphatic hydroxyl groups is 19. The molecule has 0 aromatic heterocycles. The van der Waals surface area contributed by atoms with Gasteiger partial charge in [0.25, 0.3) is 11.6 Å². The molecule has 0 spiro atoms. The average Bonchev–Trinajstić information content (AvgIpc) is 0.743. The van der Waals surface area contributed by atoms with E-state index in [1.54, 1.807) is 6.08 Å². The van der Waals surface area contributed by atoms with Crippen molar-refractivity contribution in [2.24, 2.45) is 0 Å². The molecule has 0 aromatic carbocycles. The number of rotatable bonds is 67. The summed E-state index contributed by atoms with van der Waals surface area (Å²) in [4.78, 5) is 80.3. The monoisotopic (exact) mass is 1950 g/mol. The Morgan fingerprint density at radius 2 is 0.778 bits per heavy atom. The molecule has 6 heterocycles. The van der Waals surface area contributed by atoms with E-state index < -0.39 is 302 Å². The van der Waals surface area contributed by atoms with Crippen molar-refractivity contribution in [1.29, 1.82) is 0 Å². The first-order valence-corrected chi connectivity index (χ1v) is 49.2. The Morgan fingerprint density at radius 1 is 0.400 bits per heavy atom. The second-order valence-corrected chi connectivity index (χ2v) is 37.1. The SMILES string of the molecule is CCCCCCCCCCCCC/C=C/[C@@H](O)[C@H](CO[C@@H]1OC(CO)[C@@H](O[C@@H]2OC(CO)[C@H](O[C@@H]3OC(CO[C@]4(C(=O)O)CC(O)[C@@H](NC(C)=O)C([C@H](O)[C@H](O)CO)O4)[C@H](O)[C@H](O[C@@H]4OC(CO)[C@H](O)[C@H](O)C4O)C3NC(C)=O)[C@H](O[C@]3(C(=O)O)CC(O)[C@@H](NC(C)=O)C([C@H](O)[C@H](O)CO)O3)C2O)[C@H](O)C1O)NC(=O)CCCCCCCCCCCCCCCCCCCCCCCCC. The van der Waals surface area contributed by atoms with E-state index in [1.807, 2.05) is 0 Å². The van der Waals surface area contributed by atoms with Gasteiger partial charge in [-0.3, -0.25) is 19.2 Å². The molecule has 34 atom stereocenters. The smallest absolute Gasteiger partial charge is 0.364 e. The zero-order chi connectivity index (χ0) is 99.5. The van der Waals surface area contributed by atoms with Gasteiger partial charge in [-0.1, -0.05) is 231 Å². The molecule has 0 aliphatic carbocycles. The summed E-state index contributed by atoms with van der Waals surface area (Å²) >= 11 is 0. The Labute approximate surface area is 790 Å². The fraction of sp³-hybridized carbons (Fsp3) is 0.913. The van der Waals surface area contributed by atoms with Crippen LogP contribution in [0.3, 0.4) is 0 Å². The Balaban J connectivity index is 1.28. The van der Waals surface area contributed by atoms with Gasteiger partial charge in [-0.2, -0.15) is 0 Å². The standard InChI is InChI=1S/C92H164N4O39/c1-6-8-10-12-14-16-18-20-21-22-23-24-25-26-27-28-29-31-33-35-37-39-41-43-66(110)96-56(57(105)42-40-38-36-34-32-30-19-17-15-13-11-9-7-2)51-124-86-77(118)75(116)79(63(49-100)127-86)130-88-78(119)84(135-92(90(122)123)45-59(107)68(94-54(4)103)83(134-92)71(112)61(109)47-98)80(64(50-101)128-88)131-85-69(95-55(5)104)81(132-87-76(117)74(115)72(113)62(48-99)126-87)73(114)65(129-85)52-125-91(89(120)121)44-58(106)67(93-53(3)102)82(133-91)70(111)60(108)46-97/h40,42,56-65,67-88,97-101,105-109,111-119H,6-39,41,43-52H2,1-5H3,(H,93,102)(H,94,103)(H,95,104)(H,96,110)(H,120,121)(H,122,123)/b42-40+/t56-,57+,58?,59?,60+,61+,62?,63?,64?,65?,67+,68+,69?,70+,71+,72-,73-,74-,75+,76?,77?,78?,79+,80-,81+,82?,83?,84+,85-,86+,87-,88-,91+,92-/m0/s1. The predicted molar refractivity (Wildman–Crippen MR) is 477 cm³/mol. The zero-order valence-electron chi connectivity index (χ0n) is 79.2. The summed E-state index contributed by atoms with van der Waals surface area (Å²) < 4.78 is 72.9. The van der Waals surface area contributed by atoms with Gasteiger partial charge >= 0.3 is 11.9 Å². The number of allylic oxidation sites excluding steroid dienone is 1. The number of carboxylic acids is 2. The Hall–Kier alpha value is -4.68. The topological polar surface area (TPSA) is 686 Å². The molecule has 135 heavy (non-hydrogen) atoms. The fourth-order valence-electron chi connectivity index (χ4n) is 18.2. The van der Waals surface area contributed by atoms with Gasteiger partial charge < -0.3 is 185 Å². The van der Waals surface area contributed by atoms with Gasteiger partial charge in [-0.25, -0.2) is 9.59 Å². The van der Waals surface area contributed by atoms with Crippen LogP contribution in [-0.4, -0.2) is 396 Å². The minimum absolute atomic E-state index is 0.0866. The summed E-state index contributed by atoms with van der Waals surface area (Å²) in [5.41, 5.74) is 0. The molecule has 0 saturated carbocycles. The Kier molecular flexibility index (Phi) is 55.3. The van der Waals surface area contributed by atoms with Gasteiger partial charge in [-0.05, 0) is 19.3 Å². The first-order valence-electron chi connectivity index (χ1n) is 49.2. The van der Waals surface area contributed by atoms with E-state index in [2.05, 4.69) is 35.1 Å². The number of carbonyl (C=O) groups is 6. The lowest BCUT2D eigenvalue weighted by molar-refractivity contribution is -0.404. The number of ether oxygens (including phenoxy) is 12. The van der Waals surface area contributed by atoms with Gasteiger partial charge in [0.1, 0.15) is 134 Å². The third-order valence-corrected chi connectivity index (χ3v) is 26.1. The van der Waals surface area contributed by atoms with E-state index in [0.29, 0.717) is 12.8 Å². The van der Waals surface area contributed by atoms with Crippen LogP contribution in [0.4, 0.5) is 0 Å². The van der Waals surface area contributed by atoms with E-state index in [4.69, 9.17) is 56.8 Å².